The van der Waals surface area contributed by atoms with E-state index in [2.05, 4.69) is 70.8 Å². The second-order valence-corrected chi connectivity index (χ2v) is 15.3. The van der Waals surface area contributed by atoms with Crippen LogP contribution in [0.4, 0.5) is 4.79 Å². The predicted molar refractivity (Wildman–Crippen MR) is 138 cm³/mol. The number of ether oxygens (including phenoxy) is 1. The van der Waals surface area contributed by atoms with Crippen molar-refractivity contribution in [1.29, 1.82) is 0 Å². The first-order valence-corrected chi connectivity index (χ1v) is 14.3. The normalized spacial score (nSPS) is 14.5. The van der Waals surface area contributed by atoms with E-state index in [0.717, 1.165) is 10.9 Å². The molecule has 0 bridgehead atoms. The number of carbonyl (C=O) groups excluding carboxylic acids is 1. The maximum atomic E-state index is 12.4. The highest BCUT2D eigenvalue weighted by molar-refractivity contribution is 6.74. The van der Waals surface area contributed by atoms with Crippen LogP contribution in [-0.4, -0.2) is 43.3 Å². The predicted octanol–water partition coefficient (Wildman–Crippen LogP) is 5.90. The second-order valence-electron chi connectivity index (χ2n) is 10.5. The zero-order valence-corrected chi connectivity index (χ0v) is 22.1. The fraction of sp³-hybridized carbons (Fsp3) is 0.500. The topological polar surface area (TPSA) is 72.7 Å². The van der Waals surface area contributed by atoms with E-state index in [0.29, 0.717) is 5.56 Å². The molecule has 1 aromatic carbocycles. The Morgan fingerprint density at radius 1 is 1.21 bits per heavy atom. The fourth-order valence-corrected chi connectivity index (χ4v) is 4.32. The van der Waals surface area contributed by atoms with Crippen molar-refractivity contribution in [2.24, 2.45) is 0 Å². The van der Waals surface area contributed by atoms with Gasteiger partial charge in [-0.2, -0.15) is 0 Å². The number of rotatable bonds is 10. The van der Waals surface area contributed by atoms with Gasteiger partial charge in [0.15, 0.2) is 8.32 Å². The molecule has 7 heteroatoms. The zero-order valence-electron chi connectivity index (χ0n) is 21.1. The standard InChI is InChI=1S/C26H40N2O4Si/c1-10-16-31-24(30)27-21(18-32-33(8,9)25(3,4)5)23(29)20-17-28(26(6,7)11-2)22-15-13-12-14-19(20)22/h10-15,17,21,23,29H,1-2,16,18H2,3-9H3,(H,27,30)/t21-,23-/m1/s1. The molecule has 0 fully saturated rings. The van der Waals surface area contributed by atoms with Gasteiger partial charge in [-0.3, -0.25) is 0 Å². The Bertz CT molecular complexity index is 988. The molecule has 0 spiro atoms. The number of aliphatic hydroxyl groups is 1. The molecule has 2 rings (SSSR count). The average molecular weight is 473 g/mol. The lowest BCUT2D eigenvalue weighted by atomic mass is 10.0. The number of allylic oxidation sites excluding steroid dienone is 1. The minimum atomic E-state index is -2.11. The Hall–Kier alpha value is -2.35. The van der Waals surface area contributed by atoms with E-state index >= 15 is 0 Å². The number of fused-ring (bicyclic) bond motifs is 1. The van der Waals surface area contributed by atoms with Gasteiger partial charge in [0.05, 0.1) is 18.2 Å². The zero-order chi connectivity index (χ0) is 25.0. The van der Waals surface area contributed by atoms with Crippen LogP contribution in [0.25, 0.3) is 10.9 Å². The van der Waals surface area contributed by atoms with Crippen molar-refractivity contribution >= 4 is 25.3 Å². The van der Waals surface area contributed by atoms with Crippen LogP contribution < -0.4 is 5.32 Å². The molecule has 2 atom stereocenters. The maximum absolute atomic E-state index is 12.4. The molecule has 0 aliphatic rings. The minimum absolute atomic E-state index is 0.00411. The molecular formula is C26H40N2O4Si. The summed E-state index contributed by atoms with van der Waals surface area (Å²) in [5.41, 5.74) is 1.34. The van der Waals surface area contributed by atoms with Gasteiger partial charge in [-0.05, 0) is 38.0 Å². The highest BCUT2D eigenvalue weighted by atomic mass is 28.4. The Kier molecular flexibility index (Phi) is 8.38. The van der Waals surface area contributed by atoms with Crippen molar-refractivity contribution in [2.75, 3.05) is 13.2 Å². The molecule has 182 valence electrons. The van der Waals surface area contributed by atoms with Gasteiger partial charge >= 0.3 is 6.09 Å². The summed E-state index contributed by atoms with van der Waals surface area (Å²) < 4.78 is 13.6. The molecule has 1 heterocycles. The molecule has 6 nitrogen and oxygen atoms in total. The van der Waals surface area contributed by atoms with Crippen LogP contribution in [-0.2, 0) is 14.7 Å². The number of alkyl carbamates (subject to hydrolysis) is 1. The Morgan fingerprint density at radius 3 is 2.42 bits per heavy atom. The van der Waals surface area contributed by atoms with E-state index in [1.165, 1.54) is 6.08 Å². The molecule has 0 saturated carbocycles. The van der Waals surface area contributed by atoms with Gasteiger partial charge in [0.25, 0.3) is 0 Å². The summed E-state index contributed by atoms with van der Waals surface area (Å²) in [6.07, 6.45) is 3.69. The summed E-state index contributed by atoms with van der Waals surface area (Å²) in [4.78, 5) is 12.4. The number of nitrogens with zero attached hydrogens (tertiary/aromatic N) is 1. The van der Waals surface area contributed by atoms with Crippen LogP contribution in [0.5, 0.6) is 0 Å². The largest absolute Gasteiger partial charge is 0.445 e. The number of carbonyl (C=O) groups is 1. The van der Waals surface area contributed by atoms with Crippen molar-refractivity contribution in [3.05, 3.63) is 61.3 Å². The lowest BCUT2D eigenvalue weighted by Gasteiger charge is -2.38. The Balaban J connectivity index is 2.46. The van der Waals surface area contributed by atoms with Gasteiger partial charge in [0.2, 0.25) is 0 Å². The van der Waals surface area contributed by atoms with E-state index in [4.69, 9.17) is 9.16 Å². The fourth-order valence-electron chi connectivity index (χ4n) is 3.29. The molecular weight excluding hydrogens is 432 g/mol. The lowest BCUT2D eigenvalue weighted by molar-refractivity contribution is 0.0837. The molecule has 33 heavy (non-hydrogen) atoms. The number of benzene rings is 1. The first-order chi connectivity index (χ1) is 15.2. The van der Waals surface area contributed by atoms with E-state index in [1.807, 2.05) is 36.5 Å². The van der Waals surface area contributed by atoms with Crippen LogP contribution in [0.2, 0.25) is 18.1 Å². The second kappa shape index (κ2) is 10.3. The molecule has 0 saturated heterocycles. The third-order valence-electron chi connectivity index (χ3n) is 6.63. The van der Waals surface area contributed by atoms with E-state index in [-0.39, 0.29) is 23.8 Å². The van der Waals surface area contributed by atoms with Crippen molar-refractivity contribution in [1.82, 2.24) is 9.88 Å². The third-order valence-corrected chi connectivity index (χ3v) is 11.1. The summed E-state index contributed by atoms with van der Waals surface area (Å²) in [5.74, 6) is 0. The highest BCUT2D eigenvalue weighted by Crippen LogP contribution is 2.38. The number of hydrogen-bond donors (Lipinski definition) is 2. The van der Waals surface area contributed by atoms with Crippen LogP contribution in [0.1, 0.15) is 46.3 Å². The van der Waals surface area contributed by atoms with Gasteiger partial charge in [-0.15, -0.1) is 6.58 Å². The van der Waals surface area contributed by atoms with Crippen LogP contribution in [0.3, 0.4) is 0 Å². The third kappa shape index (κ3) is 6.16. The molecule has 2 aromatic rings. The molecule has 1 aromatic heterocycles. The maximum Gasteiger partial charge on any atom is 0.407 e. The smallest absolute Gasteiger partial charge is 0.407 e. The SMILES string of the molecule is C=CCOC(=O)N[C@H](CO[Si](C)(C)C(C)(C)C)[C@H](O)c1cn(C(C)(C)C=C)c2ccccc12. The first kappa shape index (κ1) is 26.9. The van der Waals surface area contributed by atoms with Crippen LogP contribution >= 0.6 is 0 Å². The van der Waals surface area contributed by atoms with Gasteiger partial charge < -0.3 is 24.2 Å². The molecule has 0 aliphatic heterocycles. The van der Waals surface area contributed by atoms with Gasteiger partial charge in [0, 0.05) is 22.7 Å². The minimum Gasteiger partial charge on any atom is -0.445 e. The van der Waals surface area contributed by atoms with Crippen LogP contribution in [0, 0.1) is 0 Å². The average Bonchev–Trinajstić information content (AvgIpc) is 3.14. The molecule has 0 aliphatic carbocycles. The van der Waals surface area contributed by atoms with Crippen molar-refractivity contribution in [3.63, 3.8) is 0 Å². The van der Waals surface area contributed by atoms with Crippen molar-refractivity contribution < 1.29 is 19.1 Å². The summed E-state index contributed by atoms with van der Waals surface area (Å²) in [7, 11) is -2.11. The summed E-state index contributed by atoms with van der Waals surface area (Å²) >= 11 is 0. The number of para-hydroxylation sites is 1. The van der Waals surface area contributed by atoms with Crippen molar-refractivity contribution in [3.8, 4) is 0 Å². The number of nitrogens with one attached hydrogen (secondary N) is 1. The molecule has 1 amide bonds. The molecule has 0 radical (unpaired) electrons. The van der Waals surface area contributed by atoms with E-state index in [9.17, 15) is 9.90 Å². The summed E-state index contributed by atoms with van der Waals surface area (Å²) in [6.45, 7) is 22.7. The Morgan fingerprint density at radius 2 is 1.85 bits per heavy atom. The molecule has 0 unspecified atom stereocenters. The number of amides is 1. The summed E-state index contributed by atoms with van der Waals surface area (Å²) in [5, 5.41) is 15.2. The van der Waals surface area contributed by atoms with Gasteiger partial charge in [-0.25, -0.2) is 4.79 Å². The lowest BCUT2D eigenvalue weighted by Crippen LogP contribution is -2.48. The van der Waals surface area contributed by atoms with Crippen molar-refractivity contribution in [2.45, 2.75) is 70.4 Å². The van der Waals surface area contributed by atoms with E-state index in [1.54, 1.807) is 0 Å². The quantitative estimate of drug-likeness (QED) is 0.334. The van der Waals surface area contributed by atoms with Gasteiger partial charge in [-0.1, -0.05) is 57.7 Å². The van der Waals surface area contributed by atoms with Gasteiger partial charge in [0.1, 0.15) is 12.7 Å². The number of aliphatic hydroxyl groups excluding tert-OH is 1. The van der Waals surface area contributed by atoms with E-state index < -0.39 is 26.6 Å². The molecule has 2 N–H and O–H groups in total. The first-order valence-electron chi connectivity index (χ1n) is 11.4. The number of hydrogen-bond acceptors (Lipinski definition) is 4. The number of aromatic nitrogens is 1. The van der Waals surface area contributed by atoms with Crippen LogP contribution in [0.15, 0.2) is 55.8 Å². The summed E-state index contributed by atoms with van der Waals surface area (Å²) in [6, 6.07) is 7.21. The monoisotopic (exact) mass is 472 g/mol. The highest BCUT2D eigenvalue weighted by Gasteiger charge is 2.39. The Labute approximate surface area is 199 Å².